The van der Waals surface area contributed by atoms with Crippen LogP contribution in [0.15, 0.2) is 36.3 Å². The minimum atomic E-state index is 0.0826. The molecule has 0 fully saturated rings. The number of anilines is 1. The maximum Gasteiger partial charge on any atom is 0.224 e. The number of allylic oxidation sites excluding steroid dienone is 1. The van der Waals surface area contributed by atoms with Crippen LogP contribution >= 0.6 is 0 Å². The standard InChI is InChI=1S/C14H23N3O/c1-6-12(16-14(2,3)4)11-15-13-7-9-17(18-5)10-8-13/h6-10,16H,11H2,1-5H3/p+1. The quantitative estimate of drug-likeness (QED) is 0.782. The molecule has 0 atom stereocenters. The first-order valence-electron chi connectivity index (χ1n) is 6.17. The molecular weight excluding hydrogens is 226 g/mol. The summed E-state index contributed by atoms with van der Waals surface area (Å²) in [5.41, 5.74) is 2.34. The van der Waals surface area contributed by atoms with Crippen LogP contribution in [-0.2, 0) is 0 Å². The number of rotatable bonds is 5. The monoisotopic (exact) mass is 250 g/mol. The third-order valence-corrected chi connectivity index (χ3v) is 2.38. The van der Waals surface area contributed by atoms with E-state index in [9.17, 15) is 0 Å². The summed E-state index contributed by atoms with van der Waals surface area (Å²) in [5.74, 6) is 0. The van der Waals surface area contributed by atoms with E-state index in [1.165, 1.54) is 5.70 Å². The molecule has 0 radical (unpaired) electrons. The Bertz CT molecular complexity index is 390. The number of hydrogen-bond acceptors (Lipinski definition) is 3. The topological polar surface area (TPSA) is 37.2 Å². The van der Waals surface area contributed by atoms with Gasteiger partial charge < -0.3 is 10.6 Å². The third kappa shape index (κ3) is 5.08. The van der Waals surface area contributed by atoms with Gasteiger partial charge in [-0.25, -0.2) is 0 Å². The Morgan fingerprint density at radius 3 is 2.39 bits per heavy atom. The Hall–Kier alpha value is -1.71. The Kier molecular flexibility index (Phi) is 5.01. The number of nitrogens with one attached hydrogen (secondary N) is 2. The summed E-state index contributed by atoms with van der Waals surface area (Å²) in [5, 5.41) is 6.84. The normalized spacial score (nSPS) is 12.2. The molecule has 18 heavy (non-hydrogen) atoms. The number of nitrogens with zero attached hydrogens (tertiary/aromatic N) is 1. The van der Waals surface area contributed by atoms with Gasteiger partial charge in [0, 0.05) is 33.8 Å². The van der Waals surface area contributed by atoms with Crippen molar-refractivity contribution in [3.8, 4) is 0 Å². The van der Waals surface area contributed by atoms with Crippen LogP contribution in [0.2, 0.25) is 0 Å². The van der Waals surface area contributed by atoms with Gasteiger partial charge in [-0.1, -0.05) is 6.08 Å². The van der Waals surface area contributed by atoms with Gasteiger partial charge in [-0.2, -0.15) is 0 Å². The molecule has 2 N–H and O–H groups in total. The van der Waals surface area contributed by atoms with Gasteiger partial charge in [-0.3, -0.25) is 4.84 Å². The fourth-order valence-corrected chi connectivity index (χ4v) is 1.55. The Morgan fingerprint density at radius 2 is 1.94 bits per heavy atom. The molecule has 4 heteroatoms. The second kappa shape index (κ2) is 6.28. The zero-order valence-corrected chi connectivity index (χ0v) is 11.9. The summed E-state index contributed by atoms with van der Waals surface area (Å²) < 4.78 is 1.65. The molecular formula is C14H24N3O+. The van der Waals surface area contributed by atoms with E-state index in [1.807, 2.05) is 31.5 Å². The molecule has 1 aromatic heterocycles. The van der Waals surface area contributed by atoms with E-state index in [4.69, 9.17) is 4.84 Å². The van der Waals surface area contributed by atoms with E-state index in [0.29, 0.717) is 0 Å². The van der Waals surface area contributed by atoms with Crippen molar-refractivity contribution in [2.45, 2.75) is 33.2 Å². The molecule has 0 bridgehead atoms. The second-order valence-electron chi connectivity index (χ2n) is 5.17. The minimum absolute atomic E-state index is 0.0826. The van der Waals surface area contributed by atoms with Gasteiger partial charge in [-0.05, 0) is 27.7 Å². The lowest BCUT2D eigenvalue weighted by atomic mass is 10.1. The average Bonchev–Trinajstić information content (AvgIpc) is 2.33. The smallest absolute Gasteiger partial charge is 0.224 e. The van der Waals surface area contributed by atoms with Gasteiger partial charge in [0.1, 0.15) is 7.11 Å². The predicted octanol–water partition coefficient (Wildman–Crippen LogP) is 1.74. The molecule has 1 rings (SSSR count). The molecule has 0 amide bonds. The second-order valence-corrected chi connectivity index (χ2v) is 5.17. The van der Waals surface area contributed by atoms with Crippen LogP contribution in [0, 0.1) is 0 Å². The molecule has 1 aromatic rings. The summed E-state index contributed by atoms with van der Waals surface area (Å²) in [6.45, 7) is 9.28. The van der Waals surface area contributed by atoms with E-state index in [2.05, 4.69) is 37.5 Å². The summed E-state index contributed by atoms with van der Waals surface area (Å²) in [6.07, 6.45) is 5.83. The van der Waals surface area contributed by atoms with Gasteiger partial charge in [-0.15, -0.1) is 0 Å². The highest BCUT2D eigenvalue weighted by Gasteiger charge is 2.10. The largest absolute Gasteiger partial charge is 0.383 e. The molecule has 1 heterocycles. The van der Waals surface area contributed by atoms with Crippen molar-refractivity contribution in [2.75, 3.05) is 19.0 Å². The van der Waals surface area contributed by atoms with Crippen molar-refractivity contribution in [1.82, 2.24) is 5.32 Å². The highest BCUT2D eigenvalue weighted by atomic mass is 16.6. The first kappa shape index (κ1) is 14.4. The first-order valence-corrected chi connectivity index (χ1v) is 6.17. The van der Waals surface area contributed by atoms with Crippen molar-refractivity contribution in [1.29, 1.82) is 0 Å². The fourth-order valence-electron chi connectivity index (χ4n) is 1.55. The summed E-state index contributed by atoms with van der Waals surface area (Å²) in [7, 11) is 1.64. The minimum Gasteiger partial charge on any atom is -0.383 e. The zero-order valence-electron chi connectivity index (χ0n) is 11.9. The van der Waals surface area contributed by atoms with Gasteiger partial charge >= 0.3 is 0 Å². The Balaban J connectivity index is 2.52. The number of hydrogen-bond donors (Lipinski definition) is 2. The molecule has 0 aromatic carbocycles. The SMILES string of the molecule is CC=C(CNc1cc[n+](OC)cc1)NC(C)(C)C. The molecule has 0 aliphatic heterocycles. The molecule has 0 aliphatic carbocycles. The Labute approximate surface area is 110 Å². The van der Waals surface area contributed by atoms with Crippen molar-refractivity contribution in [2.24, 2.45) is 0 Å². The molecule has 0 unspecified atom stereocenters. The summed E-state index contributed by atoms with van der Waals surface area (Å²) in [4.78, 5) is 5.05. The van der Waals surface area contributed by atoms with Crippen LogP contribution in [0.25, 0.3) is 0 Å². The van der Waals surface area contributed by atoms with E-state index in [1.54, 1.807) is 11.8 Å². The van der Waals surface area contributed by atoms with Crippen LogP contribution < -0.4 is 20.2 Å². The van der Waals surface area contributed by atoms with Crippen molar-refractivity contribution >= 4 is 5.69 Å². The van der Waals surface area contributed by atoms with Gasteiger partial charge in [0.25, 0.3) is 0 Å². The van der Waals surface area contributed by atoms with Crippen molar-refractivity contribution in [3.05, 3.63) is 36.3 Å². The molecule has 0 aliphatic rings. The van der Waals surface area contributed by atoms with Crippen LogP contribution in [0.1, 0.15) is 27.7 Å². The molecule has 0 spiro atoms. The maximum atomic E-state index is 5.05. The van der Waals surface area contributed by atoms with Crippen LogP contribution in [0.3, 0.4) is 0 Å². The summed E-state index contributed by atoms with van der Waals surface area (Å²) >= 11 is 0. The van der Waals surface area contributed by atoms with Gasteiger partial charge in [0.2, 0.25) is 12.4 Å². The number of pyridine rings is 1. The predicted molar refractivity (Wildman–Crippen MR) is 74.3 cm³/mol. The molecule has 0 saturated heterocycles. The maximum absolute atomic E-state index is 5.05. The highest BCUT2D eigenvalue weighted by molar-refractivity contribution is 5.41. The first-order chi connectivity index (χ1) is 8.44. The fraction of sp³-hybridized carbons (Fsp3) is 0.500. The molecule has 4 nitrogen and oxygen atoms in total. The van der Waals surface area contributed by atoms with E-state index in [0.717, 1.165) is 12.2 Å². The third-order valence-electron chi connectivity index (χ3n) is 2.38. The van der Waals surface area contributed by atoms with Crippen molar-refractivity contribution in [3.63, 3.8) is 0 Å². The lowest BCUT2D eigenvalue weighted by Gasteiger charge is -2.24. The summed E-state index contributed by atoms with van der Waals surface area (Å²) in [6, 6.07) is 3.96. The van der Waals surface area contributed by atoms with Gasteiger partial charge in [0.15, 0.2) is 0 Å². The van der Waals surface area contributed by atoms with Crippen molar-refractivity contribution < 1.29 is 9.57 Å². The molecule has 100 valence electrons. The van der Waals surface area contributed by atoms with Gasteiger partial charge in [0.05, 0.1) is 6.54 Å². The lowest BCUT2D eigenvalue weighted by molar-refractivity contribution is -0.885. The van der Waals surface area contributed by atoms with E-state index >= 15 is 0 Å². The van der Waals surface area contributed by atoms with E-state index < -0.39 is 0 Å². The van der Waals surface area contributed by atoms with Crippen LogP contribution in [0.5, 0.6) is 0 Å². The molecule has 0 saturated carbocycles. The highest BCUT2D eigenvalue weighted by Crippen LogP contribution is 2.06. The van der Waals surface area contributed by atoms with Crippen LogP contribution in [0.4, 0.5) is 5.69 Å². The van der Waals surface area contributed by atoms with E-state index in [-0.39, 0.29) is 5.54 Å². The average molecular weight is 250 g/mol. The Morgan fingerprint density at radius 1 is 1.33 bits per heavy atom. The number of aromatic nitrogens is 1. The lowest BCUT2D eigenvalue weighted by Crippen LogP contribution is -2.39. The van der Waals surface area contributed by atoms with Crippen LogP contribution in [-0.4, -0.2) is 19.2 Å². The zero-order chi connectivity index (χ0) is 13.6.